The van der Waals surface area contributed by atoms with E-state index in [0.717, 1.165) is 18.9 Å². The molecule has 1 aliphatic carbocycles. The summed E-state index contributed by atoms with van der Waals surface area (Å²) in [5.41, 5.74) is -0.761. The maximum absolute atomic E-state index is 12.6. The zero-order chi connectivity index (χ0) is 15.6. The van der Waals surface area contributed by atoms with Crippen LogP contribution in [-0.4, -0.2) is 34.8 Å². The van der Waals surface area contributed by atoms with Gasteiger partial charge < -0.3 is 10.2 Å². The fraction of sp³-hybridized carbons (Fsp3) is 0.882. The number of hydrogen-bond acceptors (Lipinski definition) is 2. The Hall–Kier alpha value is -1.06. The molecule has 1 aliphatic heterocycles. The molecule has 0 aromatic rings. The molecule has 0 radical (unpaired) electrons. The van der Waals surface area contributed by atoms with Crippen LogP contribution >= 0.6 is 0 Å². The number of carbonyl (C=O) groups is 2. The quantitative estimate of drug-likeness (QED) is 0.866. The number of nitrogens with one attached hydrogen (secondary N) is 1. The molecule has 1 saturated heterocycles. The Morgan fingerprint density at radius 2 is 2.00 bits per heavy atom. The number of carbonyl (C=O) groups excluding carboxylic acids is 2. The minimum Gasteiger partial charge on any atom is -0.340 e. The van der Waals surface area contributed by atoms with Crippen LogP contribution < -0.4 is 5.32 Å². The van der Waals surface area contributed by atoms with E-state index >= 15 is 0 Å². The molecular weight excluding hydrogens is 264 g/mol. The van der Waals surface area contributed by atoms with Crippen molar-refractivity contribution in [1.29, 1.82) is 0 Å². The first kappa shape index (κ1) is 16.3. The number of piperazine rings is 1. The van der Waals surface area contributed by atoms with Crippen LogP contribution in [0.1, 0.15) is 66.2 Å². The lowest BCUT2D eigenvalue weighted by atomic mass is 9.80. The van der Waals surface area contributed by atoms with Crippen molar-refractivity contribution in [2.24, 2.45) is 11.8 Å². The highest BCUT2D eigenvalue weighted by atomic mass is 16.2. The maximum atomic E-state index is 12.6. The maximum Gasteiger partial charge on any atom is 0.248 e. The van der Waals surface area contributed by atoms with E-state index in [2.05, 4.69) is 12.2 Å². The molecule has 0 bridgehead atoms. The van der Waals surface area contributed by atoms with Gasteiger partial charge in [0.25, 0.3) is 0 Å². The van der Waals surface area contributed by atoms with Crippen molar-refractivity contribution in [1.82, 2.24) is 10.2 Å². The SMILES string of the molecule is CCC1C(=O)NC(C)(C)C(=O)N1CCC1CCCC(C)C1. The van der Waals surface area contributed by atoms with E-state index in [1.807, 2.05) is 11.8 Å². The molecule has 2 fully saturated rings. The zero-order valence-corrected chi connectivity index (χ0v) is 13.9. The van der Waals surface area contributed by atoms with Gasteiger partial charge in [0.15, 0.2) is 0 Å². The van der Waals surface area contributed by atoms with E-state index in [-0.39, 0.29) is 17.9 Å². The van der Waals surface area contributed by atoms with E-state index in [0.29, 0.717) is 12.3 Å². The summed E-state index contributed by atoms with van der Waals surface area (Å²) in [7, 11) is 0. The lowest BCUT2D eigenvalue weighted by Gasteiger charge is -2.43. The lowest BCUT2D eigenvalue weighted by molar-refractivity contribution is -0.153. The summed E-state index contributed by atoms with van der Waals surface area (Å²) in [6.45, 7) is 8.63. The van der Waals surface area contributed by atoms with Crippen molar-refractivity contribution < 1.29 is 9.59 Å². The molecule has 3 atom stereocenters. The Morgan fingerprint density at radius 3 is 2.62 bits per heavy atom. The summed E-state index contributed by atoms with van der Waals surface area (Å²) in [6, 6.07) is -0.286. The van der Waals surface area contributed by atoms with Gasteiger partial charge in [-0.3, -0.25) is 9.59 Å². The van der Waals surface area contributed by atoms with Crippen LogP contribution in [0.2, 0.25) is 0 Å². The molecule has 0 spiro atoms. The molecule has 2 rings (SSSR count). The zero-order valence-electron chi connectivity index (χ0n) is 13.9. The van der Waals surface area contributed by atoms with E-state index in [1.165, 1.54) is 25.7 Å². The molecule has 2 aliphatic rings. The summed E-state index contributed by atoms with van der Waals surface area (Å²) in [4.78, 5) is 26.6. The van der Waals surface area contributed by atoms with Crippen molar-refractivity contribution in [3.8, 4) is 0 Å². The van der Waals surface area contributed by atoms with Gasteiger partial charge in [-0.15, -0.1) is 0 Å². The van der Waals surface area contributed by atoms with E-state index in [9.17, 15) is 9.59 Å². The third-order valence-electron chi connectivity index (χ3n) is 5.12. The molecule has 4 heteroatoms. The third-order valence-corrected chi connectivity index (χ3v) is 5.12. The molecular formula is C17H30N2O2. The Labute approximate surface area is 128 Å². The van der Waals surface area contributed by atoms with Crippen LogP contribution in [0.4, 0.5) is 0 Å². The average Bonchev–Trinajstić information content (AvgIpc) is 2.41. The summed E-state index contributed by atoms with van der Waals surface area (Å²) in [5.74, 6) is 1.59. The molecule has 0 aromatic carbocycles. The number of hydrogen-bond donors (Lipinski definition) is 1. The van der Waals surface area contributed by atoms with E-state index in [4.69, 9.17) is 0 Å². The standard InChI is InChI=1S/C17H30N2O2/c1-5-14-15(20)18-17(3,4)16(21)19(14)10-9-13-8-6-7-12(2)11-13/h12-14H,5-11H2,1-4H3,(H,18,20). The number of nitrogens with zero attached hydrogens (tertiary/aromatic N) is 1. The molecule has 120 valence electrons. The smallest absolute Gasteiger partial charge is 0.248 e. The van der Waals surface area contributed by atoms with Gasteiger partial charge in [-0.1, -0.05) is 33.1 Å². The van der Waals surface area contributed by atoms with E-state index < -0.39 is 5.54 Å². The van der Waals surface area contributed by atoms with Crippen LogP contribution in [0.3, 0.4) is 0 Å². The Balaban J connectivity index is 2.00. The van der Waals surface area contributed by atoms with Crippen molar-refractivity contribution in [2.45, 2.75) is 77.8 Å². The second kappa shape index (κ2) is 6.37. The van der Waals surface area contributed by atoms with E-state index in [1.54, 1.807) is 13.8 Å². The highest BCUT2D eigenvalue weighted by molar-refractivity contribution is 5.99. The van der Waals surface area contributed by atoms with Crippen molar-refractivity contribution >= 4 is 11.8 Å². The van der Waals surface area contributed by atoms with Gasteiger partial charge >= 0.3 is 0 Å². The molecule has 1 heterocycles. The molecule has 1 saturated carbocycles. The minimum absolute atomic E-state index is 0.000822. The second-order valence-electron chi connectivity index (χ2n) is 7.46. The third kappa shape index (κ3) is 3.58. The predicted molar refractivity (Wildman–Crippen MR) is 83.8 cm³/mol. The van der Waals surface area contributed by atoms with Gasteiger partial charge in [0.1, 0.15) is 11.6 Å². The Kier molecular flexibility index (Phi) is 4.95. The Bertz CT molecular complexity index is 406. The molecule has 2 amide bonds. The van der Waals surface area contributed by atoms with Gasteiger partial charge in [0, 0.05) is 6.54 Å². The van der Waals surface area contributed by atoms with Gasteiger partial charge in [-0.2, -0.15) is 0 Å². The largest absolute Gasteiger partial charge is 0.340 e. The number of rotatable bonds is 4. The first-order chi connectivity index (χ1) is 9.85. The Morgan fingerprint density at radius 1 is 1.29 bits per heavy atom. The van der Waals surface area contributed by atoms with Gasteiger partial charge in [-0.05, 0) is 44.9 Å². The monoisotopic (exact) mass is 294 g/mol. The van der Waals surface area contributed by atoms with Gasteiger partial charge in [-0.25, -0.2) is 0 Å². The van der Waals surface area contributed by atoms with Gasteiger partial charge in [0.2, 0.25) is 11.8 Å². The first-order valence-corrected chi connectivity index (χ1v) is 8.48. The average molecular weight is 294 g/mol. The molecule has 3 unspecified atom stereocenters. The summed E-state index contributed by atoms with van der Waals surface area (Å²) in [6.07, 6.45) is 6.92. The highest BCUT2D eigenvalue weighted by Crippen LogP contribution is 2.31. The van der Waals surface area contributed by atoms with Crippen molar-refractivity contribution in [3.05, 3.63) is 0 Å². The minimum atomic E-state index is -0.761. The topological polar surface area (TPSA) is 49.4 Å². The predicted octanol–water partition coefficient (Wildman–Crippen LogP) is 2.72. The van der Waals surface area contributed by atoms with Crippen LogP contribution in [0, 0.1) is 11.8 Å². The van der Waals surface area contributed by atoms with Crippen LogP contribution in [0.15, 0.2) is 0 Å². The molecule has 4 nitrogen and oxygen atoms in total. The second-order valence-corrected chi connectivity index (χ2v) is 7.46. The number of amides is 2. The first-order valence-electron chi connectivity index (χ1n) is 8.48. The van der Waals surface area contributed by atoms with Crippen LogP contribution in [0.25, 0.3) is 0 Å². The summed E-state index contributed by atoms with van der Waals surface area (Å²) >= 11 is 0. The summed E-state index contributed by atoms with van der Waals surface area (Å²) < 4.78 is 0. The fourth-order valence-electron chi connectivity index (χ4n) is 3.89. The lowest BCUT2D eigenvalue weighted by Crippen LogP contribution is -2.68. The van der Waals surface area contributed by atoms with Crippen LogP contribution in [-0.2, 0) is 9.59 Å². The molecule has 1 N–H and O–H groups in total. The fourth-order valence-corrected chi connectivity index (χ4v) is 3.89. The van der Waals surface area contributed by atoms with Crippen molar-refractivity contribution in [3.63, 3.8) is 0 Å². The summed E-state index contributed by atoms with van der Waals surface area (Å²) in [5, 5.41) is 2.85. The highest BCUT2D eigenvalue weighted by Gasteiger charge is 2.44. The molecule has 21 heavy (non-hydrogen) atoms. The normalized spacial score (nSPS) is 33.0. The van der Waals surface area contributed by atoms with Crippen molar-refractivity contribution in [2.75, 3.05) is 6.54 Å². The molecule has 0 aromatic heterocycles. The van der Waals surface area contributed by atoms with Gasteiger partial charge in [0.05, 0.1) is 0 Å². The van der Waals surface area contributed by atoms with Crippen LogP contribution in [0.5, 0.6) is 0 Å².